The maximum Gasteiger partial charge on any atom is 0.416 e. The van der Waals surface area contributed by atoms with Gasteiger partial charge in [0.2, 0.25) is 0 Å². The van der Waals surface area contributed by atoms with Gasteiger partial charge in [-0.05, 0) is 103 Å². The maximum atomic E-state index is 13.3. The van der Waals surface area contributed by atoms with Crippen LogP contribution in [0, 0.1) is 6.92 Å². The molecular formula is C70H89F3S6. The van der Waals surface area contributed by atoms with Crippen molar-refractivity contribution >= 4 is 121 Å². The highest BCUT2D eigenvalue weighted by Crippen LogP contribution is 2.56. The van der Waals surface area contributed by atoms with Crippen molar-refractivity contribution in [3.05, 3.63) is 116 Å². The Kier molecular flexibility index (Phi) is 25.9. The summed E-state index contributed by atoms with van der Waals surface area (Å²) in [4.78, 5) is 8.01. The van der Waals surface area contributed by atoms with Crippen LogP contribution < -0.4 is 0 Å². The predicted molar refractivity (Wildman–Crippen MR) is 355 cm³/mol. The summed E-state index contributed by atoms with van der Waals surface area (Å²) in [5.74, 6) is 0. The molecule has 8 aromatic rings. The van der Waals surface area contributed by atoms with E-state index in [0.717, 1.165) is 23.3 Å². The molecule has 0 bridgehead atoms. The van der Waals surface area contributed by atoms with E-state index in [9.17, 15) is 13.2 Å². The van der Waals surface area contributed by atoms with Gasteiger partial charge in [0.05, 0.1) is 33.8 Å². The van der Waals surface area contributed by atoms with E-state index in [1.54, 1.807) is 29.0 Å². The largest absolute Gasteiger partial charge is 0.416 e. The van der Waals surface area contributed by atoms with Crippen LogP contribution in [0.15, 0.2) is 72.8 Å². The van der Waals surface area contributed by atoms with Gasteiger partial charge in [0.15, 0.2) is 0 Å². The molecule has 0 amide bonds. The molecule has 0 saturated heterocycles. The number of unbranched alkanes of at least 4 members (excludes halogenated alkanes) is 28. The highest BCUT2D eigenvalue weighted by atomic mass is 32.1. The van der Waals surface area contributed by atoms with E-state index in [1.807, 2.05) is 28.7 Å². The molecule has 2 aromatic carbocycles. The summed E-state index contributed by atoms with van der Waals surface area (Å²) in [6.07, 6.45) is 47.6. The van der Waals surface area contributed by atoms with Gasteiger partial charge in [-0.3, -0.25) is 0 Å². The van der Waals surface area contributed by atoms with Gasteiger partial charge in [-0.1, -0.05) is 248 Å². The van der Waals surface area contributed by atoms with Crippen molar-refractivity contribution in [3.63, 3.8) is 0 Å². The van der Waals surface area contributed by atoms with Gasteiger partial charge in [0.1, 0.15) is 0 Å². The van der Waals surface area contributed by atoms with E-state index < -0.39 is 11.7 Å². The molecular weight excluding hydrogens is 1090 g/mol. The molecule has 0 aliphatic rings. The van der Waals surface area contributed by atoms with E-state index in [1.165, 1.54) is 274 Å². The first-order chi connectivity index (χ1) is 38.7. The Hall–Kier alpha value is -3.31. The summed E-state index contributed by atoms with van der Waals surface area (Å²) in [6, 6.07) is 23.4. The van der Waals surface area contributed by atoms with Gasteiger partial charge >= 0.3 is 6.18 Å². The second kappa shape index (κ2) is 33.1. The zero-order valence-corrected chi connectivity index (χ0v) is 52.8. The lowest BCUT2D eigenvalue weighted by molar-refractivity contribution is -0.137. The SMILES string of the molecule is CCCCCCCCCCCCCCCCCc1c(-c2ccc(/C=C/c3ccc(C)cc3)s2)sc2c1sc1c3sc(-c4ccc(/C=C/c5ccc(C(F)(F)F)cc5)s4)c(CCCCCCCCCCCCCCCCC)c3sc21. The normalized spacial score (nSPS) is 12.4. The summed E-state index contributed by atoms with van der Waals surface area (Å²) in [7, 11) is 0. The van der Waals surface area contributed by atoms with Crippen molar-refractivity contribution in [1.29, 1.82) is 0 Å². The number of thiophene rings is 6. The Labute approximate surface area is 497 Å². The molecule has 79 heavy (non-hydrogen) atoms. The maximum absolute atomic E-state index is 13.3. The fraction of sp³-hybridized carbons (Fsp3) is 0.514. The number of aryl methyl sites for hydroxylation is 3. The highest BCUT2D eigenvalue weighted by molar-refractivity contribution is 7.46. The van der Waals surface area contributed by atoms with Gasteiger partial charge < -0.3 is 0 Å². The molecule has 9 heteroatoms. The number of hydrogen-bond acceptors (Lipinski definition) is 6. The minimum atomic E-state index is -4.33. The van der Waals surface area contributed by atoms with Crippen molar-refractivity contribution < 1.29 is 13.2 Å². The van der Waals surface area contributed by atoms with Gasteiger partial charge in [-0.25, -0.2) is 0 Å². The lowest BCUT2D eigenvalue weighted by Crippen LogP contribution is -2.03. The first kappa shape index (κ1) is 61.8. The third-order valence-corrected chi connectivity index (χ3v) is 24.0. The Balaban J connectivity index is 0.977. The van der Waals surface area contributed by atoms with Gasteiger partial charge in [0, 0.05) is 29.3 Å². The lowest BCUT2D eigenvalue weighted by atomic mass is 10.0. The van der Waals surface area contributed by atoms with Crippen LogP contribution in [-0.2, 0) is 19.0 Å². The number of alkyl halides is 3. The summed E-state index contributed by atoms with van der Waals surface area (Å²) >= 11 is 11.9. The van der Waals surface area contributed by atoms with Crippen LogP contribution in [0.5, 0.6) is 0 Å². The smallest absolute Gasteiger partial charge is 0.166 e. The Bertz CT molecular complexity index is 3050. The predicted octanol–water partition coefficient (Wildman–Crippen LogP) is 27.3. The molecule has 0 aliphatic heterocycles. The zero-order valence-electron chi connectivity index (χ0n) is 47.9. The van der Waals surface area contributed by atoms with Gasteiger partial charge in [-0.2, -0.15) is 13.2 Å². The van der Waals surface area contributed by atoms with E-state index in [4.69, 9.17) is 0 Å². The molecule has 0 saturated carbocycles. The monoisotopic (exact) mass is 1180 g/mol. The van der Waals surface area contributed by atoms with Crippen LogP contribution in [0.4, 0.5) is 13.2 Å². The average molecular weight is 1180 g/mol. The molecule has 6 aromatic heterocycles. The van der Waals surface area contributed by atoms with Crippen molar-refractivity contribution in [2.24, 2.45) is 0 Å². The van der Waals surface area contributed by atoms with Gasteiger partial charge in [-0.15, -0.1) is 68.0 Å². The van der Waals surface area contributed by atoms with Crippen molar-refractivity contribution in [1.82, 2.24) is 0 Å². The second-order valence-electron chi connectivity index (χ2n) is 22.5. The highest BCUT2D eigenvalue weighted by Gasteiger charge is 2.30. The quantitative estimate of drug-likeness (QED) is 0.0338. The summed E-state index contributed by atoms with van der Waals surface area (Å²) in [6.45, 7) is 6.75. The Morgan fingerprint density at radius 2 is 0.646 bits per heavy atom. The molecule has 0 nitrogen and oxygen atoms in total. The number of hydrogen-bond donors (Lipinski definition) is 0. The average Bonchev–Trinajstić information content (AvgIpc) is 4.28. The molecule has 0 atom stereocenters. The van der Waals surface area contributed by atoms with Crippen LogP contribution in [0.25, 0.3) is 72.0 Å². The third kappa shape index (κ3) is 18.9. The number of rotatable bonds is 38. The topological polar surface area (TPSA) is 0 Å². The number of halogens is 3. The first-order valence-corrected chi connectivity index (χ1v) is 35.8. The van der Waals surface area contributed by atoms with Crippen LogP contribution in [0.2, 0.25) is 0 Å². The second-order valence-corrected chi connectivity index (χ2v) is 28.8. The van der Waals surface area contributed by atoms with E-state index in [-0.39, 0.29) is 0 Å². The Morgan fingerprint density at radius 1 is 0.329 bits per heavy atom. The molecule has 0 fully saturated rings. The standard InChI is InChI=1S/C70H89F3S6/c1-4-6-8-10-12-14-16-18-20-22-24-26-28-30-32-34-58-62(60-50-48-56(74-60)46-42-53-38-36-52(3)37-39-53)76-66-64(58)78-69-67-65(79-68(66)69)59(35-33-31-29-27-25-23-21-19-17-15-13-11-9-7-5-2)63(77-67)61-51-49-57(75-61)47-43-54-40-44-55(45-41-54)70(71,72)73/h36-51H,4-35H2,1-3H3/b46-42+,47-43+. The number of benzene rings is 2. The molecule has 0 spiro atoms. The molecule has 8 rings (SSSR count). The fourth-order valence-corrected chi connectivity index (χ4v) is 19.5. The summed E-state index contributed by atoms with van der Waals surface area (Å²) in [5.41, 5.74) is 5.78. The van der Waals surface area contributed by atoms with Crippen LogP contribution >= 0.6 is 68.0 Å². The molecule has 426 valence electrons. The van der Waals surface area contributed by atoms with Crippen molar-refractivity contribution in [2.45, 2.75) is 232 Å². The van der Waals surface area contributed by atoms with Crippen LogP contribution in [0.3, 0.4) is 0 Å². The molecule has 0 radical (unpaired) electrons. The molecule has 6 heterocycles. The van der Waals surface area contributed by atoms with E-state index >= 15 is 0 Å². The summed E-state index contributed by atoms with van der Waals surface area (Å²) in [5, 5.41) is 0. The van der Waals surface area contributed by atoms with Crippen LogP contribution in [0.1, 0.15) is 250 Å². The Morgan fingerprint density at radius 3 is 0.987 bits per heavy atom. The third-order valence-electron chi connectivity index (χ3n) is 15.9. The molecule has 0 aliphatic carbocycles. The van der Waals surface area contributed by atoms with E-state index in [0.29, 0.717) is 0 Å². The van der Waals surface area contributed by atoms with Crippen molar-refractivity contribution in [2.75, 3.05) is 0 Å². The molecule has 0 N–H and O–H groups in total. The lowest BCUT2D eigenvalue weighted by Gasteiger charge is -2.05. The number of fused-ring (bicyclic) bond motifs is 5. The van der Waals surface area contributed by atoms with Crippen LogP contribution in [-0.4, -0.2) is 0 Å². The fourth-order valence-electron chi connectivity index (χ4n) is 11.2. The van der Waals surface area contributed by atoms with Gasteiger partial charge in [0.25, 0.3) is 0 Å². The minimum Gasteiger partial charge on any atom is -0.166 e. The van der Waals surface area contributed by atoms with E-state index in [2.05, 4.69) is 122 Å². The summed E-state index contributed by atoms with van der Waals surface area (Å²) < 4.78 is 48.8. The van der Waals surface area contributed by atoms with Crippen molar-refractivity contribution in [3.8, 4) is 19.5 Å². The zero-order chi connectivity index (χ0) is 55.1. The minimum absolute atomic E-state index is 0.613. The first-order valence-electron chi connectivity index (χ1n) is 30.9. The molecule has 0 unspecified atom stereocenters.